The van der Waals surface area contributed by atoms with Gasteiger partial charge in [-0.15, -0.1) is 0 Å². The lowest BCUT2D eigenvalue weighted by Gasteiger charge is -2.26. The molecule has 8 heteroatoms. The van der Waals surface area contributed by atoms with E-state index >= 15 is 0 Å². The fourth-order valence-electron chi connectivity index (χ4n) is 21.3. The summed E-state index contributed by atoms with van der Waals surface area (Å²) in [7, 11) is 0. The maximum Gasteiger partial charge on any atom is 0.121 e. The number of hydrogen-bond donors (Lipinski definition) is 0. The Bertz CT molecular complexity index is 7670. The Kier molecular flexibility index (Phi) is 25.5. The standard InChI is InChI=1S/C47H42N2O2.C47H38N2.C38H28N2/c1-3-28-50-36-24-26-42-40-10-5-7-14-44(40)48(46(42)30-36)34-20-16-32(17-21-34)38-12-9-13-39(38)33-18-22-35(23-19-33)49-45-15-8-6-11-41(45)43-27-25-37(31-47(43)49)51-29-4-2;1-6-16-36(17-7-1)39-34-46(37-26-30-44(31-27-37)48(40-18-8-2-9-19-40)41-20-10-3-11-21-41)47(35-39)38-28-32-45(33-29-38)49(42-22-12-4-13-23-42)43-24-14-5-15-25-43;39-26-27-12-14-30(15-13-27)37-10-5-11-38(37)31-18-20-34(21-19-31)40(35-22-16-28-6-1-3-8-32(28)24-35)36-23-17-29-7-2-4-9-33(29)25-36/h5-8,10-11,14-27,30-31H,3-4,9,12-13,28-29H2,1-2H3;1-33,39H,34-35H2;1-4,6-9,12-25H,5,10-11H2. The van der Waals surface area contributed by atoms with Gasteiger partial charge in [-0.1, -0.05) is 287 Å². The SMILES string of the molecule is CCCOc1ccc2c3ccccc3n(-c3ccc(C4=C(c5ccc(-n6c7ccccc7c7ccc(OCCC)cc76)cc5)CCC4)cc3)c2c1.N#Cc1ccc(C2=C(c3ccc(N(c4ccc5ccccc5c4)c4ccc5ccccc5c4)cc3)CCC2)cc1.c1ccc(C2CC(c3ccc(N(c4ccccc4)c4ccccc4)cc3)=C(c3ccc(N(c4ccccc4)c4ccccc4)cc3)C2)cc1. The number of hydrogen-bond acceptors (Lipinski definition) is 6. The maximum absolute atomic E-state index is 9.20. The monoisotopic (exact) mass is 1810 g/mol. The number of allylic oxidation sites excluding steroid dienone is 6. The average molecular weight is 1810 g/mol. The Hall–Kier alpha value is -17.0. The highest BCUT2D eigenvalue weighted by Gasteiger charge is 2.30. The van der Waals surface area contributed by atoms with Gasteiger partial charge < -0.3 is 33.3 Å². The second-order valence-corrected chi connectivity index (χ2v) is 36.7. The van der Waals surface area contributed by atoms with E-state index in [-0.39, 0.29) is 0 Å². The van der Waals surface area contributed by atoms with Crippen molar-refractivity contribution in [2.75, 3.05) is 27.9 Å². The molecule has 140 heavy (non-hydrogen) atoms. The van der Waals surface area contributed by atoms with Crippen molar-refractivity contribution < 1.29 is 9.47 Å². The first kappa shape index (κ1) is 88.3. The van der Waals surface area contributed by atoms with E-state index in [0.29, 0.717) is 11.5 Å². The minimum absolute atomic E-state index is 0.445. The van der Waals surface area contributed by atoms with Gasteiger partial charge in [0.15, 0.2) is 0 Å². The van der Waals surface area contributed by atoms with Crippen LogP contribution in [0.25, 0.3) is 110 Å². The summed E-state index contributed by atoms with van der Waals surface area (Å²) in [5.74, 6) is 2.28. The van der Waals surface area contributed by atoms with Gasteiger partial charge in [0.05, 0.1) is 46.9 Å². The summed E-state index contributed by atoms with van der Waals surface area (Å²) < 4.78 is 16.9. The van der Waals surface area contributed by atoms with E-state index in [1.807, 2.05) is 12.1 Å². The molecule has 8 nitrogen and oxygen atoms in total. The van der Waals surface area contributed by atoms with Crippen LogP contribution in [0.5, 0.6) is 11.5 Å². The van der Waals surface area contributed by atoms with Gasteiger partial charge in [-0.05, 0) is 346 Å². The van der Waals surface area contributed by atoms with Crippen LogP contribution >= 0.6 is 0 Å². The zero-order chi connectivity index (χ0) is 94.0. The molecule has 0 saturated heterocycles. The van der Waals surface area contributed by atoms with Gasteiger partial charge in [-0.2, -0.15) is 5.26 Å². The van der Waals surface area contributed by atoms with Crippen molar-refractivity contribution in [3.63, 3.8) is 0 Å². The summed E-state index contributed by atoms with van der Waals surface area (Å²) >= 11 is 0. The van der Waals surface area contributed by atoms with Crippen LogP contribution in [0.4, 0.5) is 51.2 Å². The molecule has 0 saturated carbocycles. The maximum atomic E-state index is 9.20. The number of aromatic nitrogens is 2. The number of benzene rings is 19. The van der Waals surface area contributed by atoms with E-state index in [2.05, 4.69) is 499 Å². The van der Waals surface area contributed by atoms with Crippen LogP contribution in [0.1, 0.15) is 128 Å². The molecule has 19 aromatic carbocycles. The van der Waals surface area contributed by atoms with E-state index in [9.17, 15) is 5.26 Å². The van der Waals surface area contributed by atoms with Crippen molar-refractivity contribution in [3.05, 3.63) is 512 Å². The van der Waals surface area contributed by atoms with Crippen molar-refractivity contribution in [1.82, 2.24) is 9.13 Å². The van der Waals surface area contributed by atoms with Crippen LogP contribution in [0.3, 0.4) is 0 Å². The van der Waals surface area contributed by atoms with Gasteiger partial charge in [0.1, 0.15) is 11.5 Å². The Morgan fingerprint density at radius 2 is 0.543 bits per heavy atom. The summed E-state index contributed by atoms with van der Waals surface area (Å²) in [5.41, 5.74) is 35.8. The third kappa shape index (κ3) is 18.3. The van der Waals surface area contributed by atoms with Gasteiger partial charge in [0.2, 0.25) is 0 Å². The molecule has 0 aliphatic heterocycles. The van der Waals surface area contributed by atoms with E-state index in [1.165, 1.54) is 144 Å². The van der Waals surface area contributed by atoms with Gasteiger partial charge in [0.25, 0.3) is 0 Å². The molecule has 678 valence electrons. The van der Waals surface area contributed by atoms with Crippen LogP contribution in [-0.4, -0.2) is 22.3 Å². The van der Waals surface area contributed by atoms with E-state index < -0.39 is 0 Å². The van der Waals surface area contributed by atoms with Crippen LogP contribution < -0.4 is 24.2 Å². The molecule has 2 heterocycles. The molecule has 0 amide bonds. The minimum Gasteiger partial charge on any atom is -0.494 e. The number of anilines is 9. The van der Waals surface area contributed by atoms with Crippen molar-refractivity contribution in [2.24, 2.45) is 0 Å². The molecule has 0 N–H and O–H groups in total. The summed E-state index contributed by atoms with van der Waals surface area (Å²) in [6, 6.07) is 170. The Morgan fingerprint density at radius 3 is 0.900 bits per heavy atom. The molecule has 2 aromatic heterocycles. The highest BCUT2D eigenvalue weighted by molar-refractivity contribution is 6.11. The van der Waals surface area contributed by atoms with Gasteiger partial charge in [-0.25, -0.2) is 0 Å². The molecule has 21 aromatic rings. The van der Waals surface area contributed by atoms with Gasteiger partial charge in [-0.3, -0.25) is 0 Å². The molecule has 3 aliphatic carbocycles. The van der Waals surface area contributed by atoms with Crippen molar-refractivity contribution >= 4 is 150 Å². The lowest BCUT2D eigenvalue weighted by Crippen LogP contribution is -2.10. The van der Waals surface area contributed by atoms with E-state index in [1.54, 1.807) is 0 Å². The molecule has 3 aliphatic rings. The molecule has 0 spiro atoms. The third-order valence-electron chi connectivity index (χ3n) is 28.0. The van der Waals surface area contributed by atoms with Crippen LogP contribution in [0.2, 0.25) is 0 Å². The summed E-state index contributed by atoms with van der Waals surface area (Å²) in [5, 5.41) is 19.1. The molecule has 0 atom stereocenters. The molecule has 0 radical (unpaired) electrons. The van der Waals surface area contributed by atoms with Crippen LogP contribution in [-0.2, 0) is 0 Å². The first-order valence-electron chi connectivity index (χ1n) is 49.4. The fourth-order valence-corrected chi connectivity index (χ4v) is 21.3. The zero-order valence-electron chi connectivity index (χ0n) is 79.0. The zero-order valence-corrected chi connectivity index (χ0v) is 79.0. The number of fused-ring (bicyclic) bond motifs is 8. The summed E-state index contributed by atoms with van der Waals surface area (Å²) in [4.78, 5) is 7.00. The second kappa shape index (κ2) is 40.5. The number of nitriles is 1. The predicted octanol–water partition coefficient (Wildman–Crippen LogP) is 36.1. The number of nitrogens with zero attached hydrogens (tertiary/aromatic N) is 6. The number of ether oxygens (including phenoxy) is 2. The lowest BCUT2D eigenvalue weighted by molar-refractivity contribution is 0.317. The number of rotatable bonds is 24. The Balaban J connectivity index is 0.000000122. The Labute approximate surface area is 820 Å². The van der Waals surface area contributed by atoms with E-state index in [4.69, 9.17) is 9.47 Å². The first-order chi connectivity index (χ1) is 69.3. The quantitative estimate of drug-likeness (QED) is 0.0601. The minimum atomic E-state index is 0.445. The average Bonchev–Trinajstić information content (AvgIpc) is 1.59. The van der Waals surface area contributed by atoms with Crippen molar-refractivity contribution in [2.45, 2.75) is 84.0 Å². The van der Waals surface area contributed by atoms with Gasteiger partial charge >= 0.3 is 0 Å². The Morgan fingerprint density at radius 1 is 0.257 bits per heavy atom. The highest BCUT2D eigenvalue weighted by Crippen LogP contribution is 2.51. The molecule has 0 unspecified atom stereocenters. The first-order valence-corrected chi connectivity index (χ1v) is 49.4. The third-order valence-corrected chi connectivity index (χ3v) is 28.0. The van der Waals surface area contributed by atoms with Crippen molar-refractivity contribution in [1.29, 1.82) is 5.26 Å². The van der Waals surface area contributed by atoms with Crippen LogP contribution in [0.15, 0.2) is 467 Å². The van der Waals surface area contributed by atoms with Crippen molar-refractivity contribution in [3.8, 4) is 28.9 Å². The van der Waals surface area contributed by atoms with E-state index in [0.717, 1.165) is 145 Å². The smallest absolute Gasteiger partial charge is 0.121 e. The summed E-state index contributed by atoms with van der Waals surface area (Å²) in [6.07, 6.45) is 10.7. The lowest BCUT2D eigenvalue weighted by atomic mass is 9.94. The molecular formula is C132H108N6O2. The fraction of sp³-hybridized carbons (Fsp3) is 0.114. The molecule has 24 rings (SSSR count). The normalized spacial score (nSPS) is 13.1. The summed E-state index contributed by atoms with van der Waals surface area (Å²) in [6.45, 7) is 5.72. The van der Waals surface area contributed by atoms with Gasteiger partial charge in [0, 0.05) is 96.2 Å². The molecule has 0 bridgehead atoms. The predicted molar refractivity (Wildman–Crippen MR) is 589 cm³/mol. The number of para-hydroxylation sites is 6. The molecular weight excluding hydrogens is 1700 g/mol. The molecule has 0 fully saturated rings. The second-order valence-electron chi connectivity index (χ2n) is 36.7. The van der Waals surface area contributed by atoms with Crippen LogP contribution in [0, 0.1) is 11.3 Å². The highest BCUT2D eigenvalue weighted by atomic mass is 16.5. The topological polar surface area (TPSA) is 61.8 Å². The largest absolute Gasteiger partial charge is 0.494 e.